The molecule has 36 heavy (non-hydrogen) atoms. The third-order valence-electron chi connectivity index (χ3n) is 5.63. The van der Waals surface area contributed by atoms with E-state index in [9.17, 15) is 31.4 Å². The Morgan fingerprint density at radius 2 is 1.72 bits per heavy atom. The number of nitrogens with zero attached hydrogens (tertiary/aromatic N) is 4. The molecule has 0 amide bonds. The second-order valence-corrected chi connectivity index (χ2v) is 8.35. The minimum Gasteiger partial charge on any atom is -0.481 e. The molecular formula is C23H17ClF6N4O2. The first-order chi connectivity index (χ1) is 16.8. The van der Waals surface area contributed by atoms with Gasteiger partial charge >= 0.3 is 12.4 Å². The molecule has 0 spiro atoms. The molecular weight excluding hydrogens is 514 g/mol. The summed E-state index contributed by atoms with van der Waals surface area (Å²) in [6.45, 7) is 0. The minimum absolute atomic E-state index is 0.0356. The molecule has 1 aromatic carbocycles. The van der Waals surface area contributed by atoms with Gasteiger partial charge in [0.25, 0.3) is 0 Å². The summed E-state index contributed by atoms with van der Waals surface area (Å²) >= 11 is 6.37. The molecule has 0 radical (unpaired) electrons. The van der Waals surface area contributed by atoms with E-state index in [1.807, 2.05) is 0 Å². The molecule has 0 unspecified atom stereocenters. The van der Waals surface area contributed by atoms with Crippen LogP contribution in [0.4, 0.5) is 26.3 Å². The molecule has 0 aliphatic heterocycles. The zero-order chi connectivity index (χ0) is 26.5. The zero-order valence-electron chi connectivity index (χ0n) is 18.6. The molecule has 3 heterocycles. The van der Waals surface area contributed by atoms with Crippen molar-refractivity contribution in [2.45, 2.75) is 24.4 Å². The summed E-state index contributed by atoms with van der Waals surface area (Å²) in [6.07, 6.45) is -7.14. The summed E-state index contributed by atoms with van der Waals surface area (Å²) in [6, 6.07) is 5.96. The fourth-order valence-electron chi connectivity index (χ4n) is 3.93. The van der Waals surface area contributed by atoms with Gasteiger partial charge in [-0.2, -0.15) is 26.3 Å². The van der Waals surface area contributed by atoms with Crippen LogP contribution in [0.25, 0.3) is 10.9 Å². The van der Waals surface area contributed by atoms with Crippen molar-refractivity contribution in [2.75, 3.05) is 7.11 Å². The molecule has 0 saturated heterocycles. The van der Waals surface area contributed by atoms with Gasteiger partial charge in [-0.3, -0.25) is 4.98 Å². The number of alkyl halides is 6. The summed E-state index contributed by atoms with van der Waals surface area (Å²) in [5, 5.41) is 11.7. The SMILES string of the molecule is COc1nc2ccc([C@](O)(c3ccc(C(F)(F)F)nc3)c3cncn3C)cc2c(Cl)c1CC(F)(F)F. The quantitative estimate of drug-likeness (QED) is 0.348. The van der Waals surface area contributed by atoms with E-state index in [4.69, 9.17) is 16.3 Å². The zero-order valence-corrected chi connectivity index (χ0v) is 19.4. The van der Waals surface area contributed by atoms with Crippen LogP contribution >= 0.6 is 11.6 Å². The van der Waals surface area contributed by atoms with Gasteiger partial charge in [-0.1, -0.05) is 23.7 Å². The maximum absolute atomic E-state index is 13.2. The summed E-state index contributed by atoms with van der Waals surface area (Å²) in [5.74, 6) is -0.300. The second-order valence-electron chi connectivity index (χ2n) is 7.97. The highest BCUT2D eigenvalue weighted by Crippen LogP contribution is 2.41. The third-order valence-corrected chi connectivity index (χ3v) is 6.06. The van der Waals surface area contributed by atoms with Gasteiger partial charge in [0.1, 0.15) is 5.69 Å². The topological polar surface area (TPSA) is 73.1 Å². The molecule has 0 saturated carbocycles. The van der Waals surface area contributed by atoms with Crippen molar-refractivity contribution in [1.29, 1.82) is 0 Å². The fourth-order valence-corrected chi connectivity index (χ4v) is 4.23. The minimum atomic E-state index is -4.70. The Hall–Kier alpha value is -3.38. The third kappa shape index (κ3) is 4.58. The highest BCUT2D eigenvalue weighted by molar-refractivity contribution is 6.36. The largest absolute Gasteiger partial charge is 0.481 e. The summed E-state index contributed by atoms with van der Waals surface area (Å²) in [7, 11) is 2.73. The maximum Gasteiger partial charge on any atom is 0.433 e. The first-order valence-corrected chi connectivity index (χ1v) is 10.6. The average molecular weight is 531 g/mol. The lowest BCUT2D eigenvalue weighted by Crippen LogP contribution is -2.31. The molecule has 4 aromatic rings. The number of aromatic nitrogens is 4. The van der Waals surface area contributed by atoms with Crippen LogP contribution < -0.4 is 4.74 Å². The van der Waals surface area contributed by atoms with Crippen LogP contribution in [0.15, 0.2) is 49.1 Å². The Labute approximate surface area is 205 Å². The standard InChI is InChI=1S/C23H17ClF6N4O2/c1-34-11-31-10-18(34)22(35,13-4-6-17(32-9-13)23(28,29)30)12-3-5-16-14(7-12)19(24)15(8-21(25,26)27)20(33-16)36-2/h3-7,9-11,35H,8H2,1-2H3/t22-/m0/s1. The normalized spacial score (nSPS) is 14.2. The molecule has 0 fully saturated rings. The van der Waals surface area contributed by atoms with E-state index in [0.717, 1.165) is 25.4 Å². The number of ether oxygens (including phenoxy) is 1. The number of aryl methyl sites for hydroxylation is 1. The van der Waals surface area contributed by atoms with E-state index in [0.29, 0.717) is 0 Å². The van der Waals surface area contributed by atoms with E-state index in [1.54, 1.807) is 7.05 Å². The van der Waals surface area contributed by atoms with Crippen LogP contribution in [0, 0.1) is 0 Å². The molecule has 1 N–H and O–H groups in total. The Bertz CT molecular complexity index is 1420. The molecule has 1 atom stereocenters. The number of aliphatic hydroxyl groups is 1. The van der Waals surface area contributed by atoms with Crippen molar-refractivity contribution in [1.82, 2.24) is 19.5 Å². The lowest BCUT2D eigenvalue weighted by atomic mass is 9.83. The van der Waals surface area contributed by atoms with E-state index in [1.165, 1.54) is 35.3 Å². The van der Waals surface area contributed by atoms with E-state index in [2.05, 4.69) is 15.0 Å². The van der Waals surface area contributed by atoms with Gasteiger partial charge in [0.05, 0.1) is 42.3 Å². The molecule has 4 rings (SSSR count). The monoisotopic (exact) mass is 530 g/mol. The highest BCUT2D eigenvalue weighted by atomic mass is 35.5. The van der Waals surface area contributed by atoms with Crippen LogP contribution in [0.2, 0.25) is 5.02 Å². The Kier molecular flexibility index (Phi) is 6.38. The van der Waals surface area contributed by atoms with Crippen LogP contribution in [-0.2, 0) is 25.2 Å². The number of hydrogen-bond acceptors (Lipinski definition) is 5. The van der Waals surface area contributed by atoms with Crippen molar-refractivity contribution in [3.05, 3.63) is 82.2 Å². The van der Waals surface area contributed by atoms with Crippen molar-refractivity contribution < 1.29 is 36.2 Å². The predicted octanol–water partition coefficient (Wildman–Crippen LogP) is 5.43. The second kappa shape index (κ2) is 8.93. The molecule has 3 aromatic heterocycles. The number of hydrogen-bond donors (Lipinski definition) is 1. The Morgan fingerprint density at radius 3 is 2.25 bits per heavy atom. The number of pyridine rings is 2. The van der Waals surface area contributed by atoms with Gasteiger partial charge < -0.3 is 14.4 Å². The Balaban J connectivity index is 1.96. The molecule has 190 valence electrons. The van der Waals surface area contributed by atoms with Gasteiger partial charge in [-0.05, 0) is 23.8 Å². The first kappa shape index (κ1) is 25.7. The van der Waals surface area contributed by atoms with Gasteiger partial charge in [-0.15, -0.1) is 0 Å². The fraction of sp³-hybridized carbons (Fsp3) is 0.261. The molecule has 6 nitrogen and oxygen atoms in total. The number of fused-ring (bicyclic) bond motifs is 1. The summed E-state index contributed by atoms with van der Waals surface area (Å²) in [5.41, 5.74) is -3.24. The summed E-state index contributed by atoms with van der Waals surface area (Å²) in [4.78, 5) is 11.5. The van der Waals surface area contributed by atoms with E-state index < -0.39 is 35.6 Å². The van der Waals surface area contributed by atoms with Crippen molar-refractivity contribution in [3.8, 4) is 5.88 Å². The number of benzene rings is 1. The van der Waals surface area contributed by atoms with Crippen molar-refractivity contribution in [2.24, 2.45) is 7.05 Å². The lowest BCUT2D eigenvalue weighted by Gasteiger charge is -2.30. The lowest BCUT2D eigenvalue weighted by molar-refractivity contribution is -0.141. The Morgan fingerprint density at radius 1 is 1.03 bits per heavy atom. The summed E-state index contributed by atoms with van der Waals surface area (Å²) < 4.78 is 85.2. The van der Waals surface area contributed by atoms with Crippen LogP contribution in [0.1, 0.15) is 28.1 Å². The molecule has 13 heteroatoms. The maximum atomic E-state index is 13.2. The molecule has 0 aliphatic carbocycles. The average Bonchev–Trinajstić information content (AvgIpc) is 3.25. The van der Waals surface area contributed by atoms with E-state index >= 15 is 0 Å². The van der Waals surface area contributed by atoms with Gasteiger partial charge in [-0.25, -0.2) is 9.97 Å². The number of halogens is 7. The molecule has 0 aliphatic rings. The predicted molar refractivity (Wildman–Crippen MR) is 118 cm³/mol. The van der Waals surface area contributed by atoms with E-state index in [-0.39, 0.29) is 38.6 Å². The number of imidazole rings is 1. The molecule has 0 bridgehead atoms. The van der Waals surface area contributed by atoms with Crippen LogP contribution in [0.3, 0.4) is 0 Å². The van der Waals surface area contributed by atoms with Crippen LogP contribution in [0.5, 0.6) is 5.88 Å². The number of methoxy groups -OCH3 is 1. The highest BCUT2D eigenvalue weighted by Gasteiger charge is 2.39. The van der Waals surface area contributed by atoms with Gasteiger partial charge in [0, 0.05) is 29.8 Å². The van der Waals surface area contributed by atoms with Crippen LogP contribution in [-0.4, -0.2) is 37.9 Å². The van der Waals surface area contributed by atoms with Crippen molar-refractivity contribution in [3.63, 3.8) is 0 Å². The van der Waals surface area contributed by atoms with Gasteiger partial charge in [0.15, 0.2) is 5.60 Å². The number of rotatable bonds is 5. The first-order valence-electron chi connectivity index (χ1n) is 10.2. The van der Waals surface area contributed by atoms with Gasteiger partial charge in [0.2, 0.25) is 5.88 Å². The smallest absolute Gasteiger partial charge is 0.433 e. The van der Waals surface area contributed by atoms with Crippen molar-refractivity contribution >= 4 is 22.5 Å².